The predicted octanol–water partition coefficient (Wildman–Crippen LogP) is -2.67. The zero-order chi connectivity index (χ0) is 21.5. The van der Waals surface area contributed by atoms with E-state index in [1.807, 2.05) is 0 Å². The number of hydrogen-bond acceptors (Lipinski definition) is 9. The molecule has 2 aliphatic heterocycles. The van der Waals surface area contributed by atoms with E-state index in [1.54, 1.807) is 29.7 Å². The molecule has 1 aromatic carbocycles. The maximum Gasteiger partial charge on any atom is 0.251 e. The first-order valence-corrected chi connectivity index (χ1v) is 9.83. The third kappa shape index (κ3) is 5.87. The van der Waals surface area contributed by atoms with Crippen LogP contribution in [0.2, 0.25) is 0 Å². The summed E-state index contributed by atoms with van der Waals surface area (Å²) in [7, 11) is 0. The second-order valence-electron chi connectivity index (χ2n) is 7.23. The van der Waals surface area contributed by atoms with Crippen LogP contribution >= 0.6 is 0 Å². The number of anilines is 1. The molecule has 4 atom stereocenters. The third-order valence-electron chi connectivity index (χ3n) is 4.96. The van der Waals surface area contributed by atoms with Crippen LogP contribution in [0, 0.1) is 0 Å². The summed E-state index contributed by atoms with van der Waals surface area (Å²) in [5.74, 6) is -0.859. The summed E-state index contributed by atoms with van der Waals surface area (Å²) >= 11 is 0. The van der Waals surface area contributed by atoms with Gasteiger partial charge in [0.15, 0.2) is 0 Å². The van der Waals surface area contributed by atoms with Crippen LogP contribution in [0.3, 0.4) is 0 Å². The first kappa shape index (κ1) is 21.9. The summed E-state index contributed by atoms with van der Waals surface area (Å²) in [5, 5.41) is 26.7. The topological polar surface area (TPSA) is 182 Å². The zero-order valence-electron chi connectivity index (χ0n) is 16.4. The molecule has 0 bridgehead atoms. The van der Waals surface area contributed by atoms with Gasteiger partial charge in [-0.05, 0) is 30.7 Å². The lowest BCUT2D eigenvalue weighted by molar-refractivity contribution is -0.129. The molecule has 0 saturated carbocycles. The van der Waals surface area contributed by atoms with Crippen molar-refractivity contribution in [1.29, 1.82) is 0 Å². The molecule has 12 nitrogen and oxygen atoms in total. The molecular formula is C18H28N8O4. The predicted molar refractivity (Wildman–Crippen MR) is 108 cm³/mol. The fraction of sp³-hybridized carbons (Fsp3) is 0.500. The summed E-state index contributed by atoms with van der Waals surface area (Å²) in [6.07, 6.45) is -0.198. The van der Waals surface area contributed by atoms with Crippen molar-refractivity contribution in [2.45, 2.75) is 37.4 Å². The average molecular weight is 420 g/mol. The van der Waals surface area contributed by atoms with Crippen LogP contribution in [0.5, 0.6) is 0 Å². The number of rotatable bonds is 8. The number of amides is 3. The molecule has 2 aliphatic rings. The molecule has 0 aliphatic carbocycles. The summed E-state index contributed by atoms with van der Waals surface area (Å²) in [6.45, 7) is 1.59. The van der Waals surface area contributed by atoms with E-state index in [9.17, 15) is 14.4 Å². The van der Waals surface area contributed by atoms with Crippen LogP contribution in [-0.2, 0) is 9.59 Å². The Morgan fingerprint density at radius 1 is 1.20 bits per heavy atom. The summed E-state index contributed by atoms with van der Waals surface area (Å²) in [6, 6.07) is 6.66. The normalized spacial score (nSPS) is 25.6. The van der Waals surface area contributed by atoms with E-state index in [0.29, 0.717) is 31.6 Å². The molecule has 10 N–H and O–H groups in total. The monoisotopic (exact) mass is 420 g/mol. The van der Waals surface area contributed by atoms with Gasteiger partial charge >= 0.3 is 0 Å². The maximum atomic E-state index is 12.1. The number of hydroxylamine groups is 1. The SMILES string of the molecule is NC1NC(=O)C2NC(CNc3ccc(C(=O)NCCCC(=O)NO)cc3)CNC2N1. The summed E-state index contributed by atoms with van der Waals surface area (Å²) < 4.78 is 0. The number of hydrogen-bond donors (Lipinski definition) is 9. The number of benzene rings is 1. The molecule has 3 rings (SSSR count). The van der Waals surface area contributed by atoms with E-state index in [2.05, 4.69) is 31.9 Å². The van der Waals surface area contributed by atoms with E-state index >= 15 is 0 Å². The lowest BCUT2D eigenvalue weighted by atomic mass is 10.1. The van der Waals surface area contributed by atoms with Crippen LogP contribution < -0.4 is 43.1 Å². The van der Waals surface area contributed by atoms with Gasteiger partial charge in [-0.15, -0.1) is 0 Å². The van der Waals surface area contributed by atoms with Crippen molar-refractivity contribution < 1.29 is 19.6 Å². The molecule has 164 valence electrons. The van der Waals surface area contributed by atoms with Gasteiger partial charge in [0.05, 0.1) is 6.17 Å². The average Bonchev–Trinajstić information content (AvgIpc) is 2.75. The lowest BCUT2D eigenvalue weighted by Crippen LogP contribution is -2.78. The number of nitrogens with two attached hydrogens (primary N) is 1. The van der Waals surface area contributed by atoms with Crippen molar-refractivity contribution >= 4 is 23.4 Å². The van der Waals surface area contributed by atoms with Crippen LogP contribution in [0.4, 0.5) is 5.69 Å². The number of carbonyl (C=O) groups excluding carboxylic acids is 3. The van der Waals surface area contributed by atoms with E-state index in [0.717, 1.165) is 5.69 Å². The highest BCUT2D eigenvalue weighted by molar-refractivity contribution is 5.94. The smallest absolute Gasteiger partial charge is 0.251 e. The van der Waals surface area contributed by atoms with Crippen molar-refractivity contribution in [3.05, 3.63) is 29.8 Å². The molecule has 2 fully saturated rings. The minimum Gasteiger partial charge on any atom is -0.383 e. The van der Waals surface area contributed by atoms with Gasteiger partial charge in [0.25, 0.3) is 5.91 Å². The number of nitrogens with one attached hydrogen (secondary N) is 7. The van der Waals surface area contributed by atoms with Crippen molar-refractivity contribution in [3.8, 4) is 0 Å². The van der Waals surface area contributed by atoms with E-state index in [4.69, 9.17) is 10.9 Å². The molecule has 1 aromatic rings. The standard InChI is InChI=1S/C18H28N8O4/c19-18-24-15-14(17(29)25-18)23-12(9-22-15)8-21-11-5-3-10(4-6-11)16(28)20-7-1-2-13(27)26-30/h3-6,12,14-15,18,21-24,30H,1-2,7-9,19H2,(H,20,28)(H,25,29)(H,26,27). The maximum absolute atomic E-state index is 12.1. The third-order valence-corrected chi connectivity index (χ3v) is 4.96. The molecule has 2 heterocycles. The van der Waals surface area contributed by atoms with Crippen molar-refractivity contribution in [1.82, 2.24) is 32.1 Å². The summed E-state index contributed by atoms with van der Waals surface area (Å²) in [4.78, 5) is 35.1. The number of fused-ring (bicyclic) bond motifs is 1. The Morgan fingerprint density at radius 3 is 2.70 bits per heavy atom. The molecule has 0 aromatic heterocycles. The second kappa shape index (κ2) is 10.3. The van der Waals surface area contributed by atoms with Gasteiger partial charge < -0.3 is 16.0 Å². The van der Waals surface area contributed by atoms with Crippen LogP contribution in [-0.4, -0.2) is 67.1 Å². The van der Waals surface area contributed by atoms with E-state index in [1.165, 1.54) is 0 Å². The molecule has 0 spiro atoms. The van der Waals surface area contributed by atoms with Crippen LogP contribution in [0.1, 0.15) is 23.2 Å². The zero-order valence-corrected chi connectivity index (χ0v) is 16.4. The van der Waals surface area contributed by atoms with Gasteiger partial charge in [0.1, 0.15) is 12.3 Å². The molecule has 30 heavy (non-hydrogen) atoms. The Labute approximate surface area is 173 Å². The van der Waals surface area contributed by atoms with Crippen LogP contribution in [0.15, 0.2) is 24.3 Å². The Balaban J connectivity index is 1.41. The molecule has 12 heteroatoms. The highest BCUT2D eigenvalue weighted by atomic mass is 16.5. The quantitative estimate of drug-likeness (QED) is 0.123. The van der Waals surface area contributed by atoms with Crippen LogP contribution in [0.25, 0.3) is 0 Å². The van der Waals surface area contributed by atoms with E-state index < -0.39 is 18.2 Å². The lowest BCUT2D eigenvalue weighted by Gasteiger charge is -2.42. The fourth-order valence-electron chi connectivity index (χ4n) is 3.38. The Kier molecular flexibility index (Phi) is 7.54. The highest BCUT2D eigenvalue weighted by Gasteiger charge is 2.38. The van der Waals surface area contributed by atoms with Crippen molar-refractivity contribution in [3.63, 3.8) is 0 Å². The molecule has 3 amide bonds. The number of carbonyl (C=O) groups is 3. The second-order valence-corrected chi connectivity index (χ2v) is 7.23. The molecular weight excluding hydrogens is 392 g/mol. The van der Waals surface area contributed by atoms with Crippen molar-refractivity contribution in [2.24, 2.45) is 5.73 Å². The summed E-state index contributed by atoms with van der Waals surface area (Å²) in [5.41, 5.74) is 8.62. The largest absolute Gasteiger partial charge is 0.383 e. The Hall–Kier alpha value is -2.77. The van der Waals surface area contributed by atoms with Gasteiger partial charge in [0.2, 0.25) is 11.8 Å². The van der Waals surface area contributed by atoms with Gasteiger partial charge in [-0.3, -0.25) is 41.3 Å². The highest BCUT2D eigenvalue weighted by Crippen LogP contribution is 2.11. The minimum atomic E-state index is -0.557. The van der Waals surface area contributed by atoms with Crippen molar-refractivity contribution in [2.75, 3.05) is 25.0 Å². The van der Waals surface area contributed by atoms with Gasteiger partial charge in [-0.2, -0.15) is 0 Å². The molecule has 2 saturated heterocycles. The molecule has 0 radical (unpaired) electrons. The molecule has 4 unspecified atom stereocenters. The Morgan fingerprint density at radius 2 is 1.97 bits per heavy atom. The fourth-order valence-corrected chi connectivity index (χ4v) is 3.38. The van der Waals surface area contributed by atoms with Gasteiger partial charge in [-0.1, -0.05) is 0 Å². The van der Waals surface area contributed by atoms with E-state index in [-0.39, 0.29) is 30.4 Å². The van der Waals surface area contributed by atoms with Gasteiger partial charge in [0, 0.05) is 43.3 Å². The first-order valence-electron chi connectivity index (χ1n) is 9.83. The number of piperazine rings is 1. The minimum absolute atomic E-state index is 0.0345. The van der Waals surface area contributed by atoms with Gasteiger partial charge in [-0.25, -0.2) is 5.48 Å². The Bertz CT molecular complexity index is 759. The first-order chi connectivity index (χ1) is 14.5.